The molecule has 1 amide bonds. The second-order valence-electron chi connectivity index (χ2n) is 7.07. The number of nitriles is 1. The fourth-order valence-corrected chi connectivity index (χ4v) is 3.58. The Balaban J connectivity index is 1.44. The Morgan fingerprint density at radius 1 is 1.03 bits per heavy atom. The highest BCUT2D eigenvalue weighted by molar-refractivity contribution is 5.94. The van der Waals surface area contributed by atoms with Gasteiger partial charge in [-0.2, -0.15) is 5.26 Å². The van der Waals surface area contributed by atoms with Crippen molar-refractivity contribution in [2.45, 2.75) is 12.8 Å². The first-order chi connectivity index (χ1) is 14.2. The standard InChI is InChI=1S/C23H21N5O/c24-15-18-9-4-5-11-20(18)25-23(29)19-10-6-14-28(16-19)22-13-12-21(26-27-22)17-7-2-1-3-8-17/h1-5,7-9,11-13,19H,6,10,14,16H2,(H,25,29). The number of hydrogen-bond donors (Lipinski definition) is 1. The molecule has 1 saturated heterocycles. The van der Waals surface area contributed by atoms with E-state index in [0.29, 0.717) is 17.8 Å². The van der Waals surface area contributed by atoms with Crippen molar-refractivity contribution in [1.29, 1.82) is 5.26 Å². The zero-order valence-corrected chi connectivity index (χ0v) is 16.0. The third kappa shape index (κ3) is 4.25. The van der Waals surface area contributed by atoms with Crippen molar-refractivity contribution < 1.29 is 4.79 Å². The van der Waals surface area contributed by atoms with Crippen LogP contribution in [0.3, 0.4) is 0 Å². The molecule has 6 heteroatoms. The quantitative estimate of drug-likeness (QED) is 0.740. The van der Waals surface area contributed by atoms with Gasteiger partial charge in [0.25, 0.3) is 0 Å². The second-order valence-corrected chi connectivity index (χ2v) is 7.07. The number of anilines is 2. The summed E-state index contributed by atoms with van der Waals surface area (Å²) in [6.45, 7) is 1.43. The highest BCUT2D eigenvalue weighted by atomic mass is 16.1. The minimum Gasteiger partial charge on any atom is -0.354 e. The number of para-hydroxylation sites is 1. The Bertz CT molecular complexity index is 1030. The zero-order chi connectivity index (χ0) is 20.1. The predicted octanol–water partition coefficient (Wildman–Crippen LogP) is 3.87. The van der Waals surface area contributed by atoms with Gasteiger partial charge in [-0.3, -0.25) is 4.79 Å². The van der Waals surface area contributed by atoms with Gasteiger partial charge in [0.15, 0.2) is 5.82 Å². The second kappa shape index (κ2) is 8.53. The average Bonchev–Trinajstić information content (AvgIpc) is 2.80. The van der Waals surface area contributed by atoms with Crippen LogP contribution in [0.15, 0.2) is 66.7 Å². The monoisotopic (exact) mass is 383 g/mol. The van der Waals surface area contributed by atoms with E-state index in [-0.39, 0.29) is 11.8 Å². The third-order valence-corrected chi connectivity index (χ3v) is 5.14. The van der Waals surface area contributed by atoms with Gasteiger partial charge in [-0.15, -0.1) is 10.2 Å². The van der Waals surface area contributed by atoms with Gasteiger partial charge < -0.3 is 10.2 Å². The molecule has 2 aromatic carbocycles. The number of aromatic nitrogens is 2. The number of benzene rings is 2. The minimum atomic E-state index is -0.161. The molecule has 0 aliphatic carbocycles. The Morgan fingerprint density at radius 2 is 1.83 bits per heavy atom. The van der Waals surface area contributed by atoms with Crippen molar-refractivity contribution in [3.63, 3.8) is 0 Å². The lowest BCUT2D eigenvalue weighted by Gasteiger charge is -2.32. The molecule has 144 valence electrons. The van der Waals surface area contributed by atoms with E-state index in [1.165, 1.54) is 0 Å². The predicted molar refractivity (Wildman–Crippen MR) is 112 cm³/mol. The Labute approximate surface area is 169 Å². The van der Waals surface area contributed by atoms with Crippen LogP contribution in [0.4, 0.5) is 11.5 Å². The molecule has 1 unspecified atom stereocenters. The molecule has 29 heavy (non-hydrogen) atoms. The van der Waals surface area contributed by atoms with Crippen LogP contribution in [-0.2, 0) is 4.79 Å². The van der Waals surface area contributed by atoms with Crippen LogP contribution in [0.1, 0.15) is 18.4 Å². The van der Waals surface area contributed by atoms with Crippen molar-refractivity contribution >= 4 is 17.4 Å². The summed E-state index contributed by atoms with van der Waals surface area (Å²) in [7, 11) is 0. The Kier molecular flexibility index (Phi) is 5.48. The number of carbonyl (C=O) groups excluding carboxylic acids is 1. The highest BCUT2D eigenvalue weighted by Crippen LogP contribution is 2.25. The van der Waals surface area contributed by atoms with Crippen LogP contribution < -0.4 is 10.2 Å². The molecule has 1 atom stereocenters. The molecule has 0 radical (unpaired) electrons. The lowest BCUT2D eigenvalue weighted by molar-refractivity contribution is -0.120. The van der Waals surface area contributed by atoms with E-state index in [0.717, 1.165) is 36.5 Å². The molecule has 4 rings (SSSR count). The lowest BCUT2D eigenvalue weighted by Crippen LogP contribution is -2.41. The van der Waals surface area contributed by atoms with Crippen LogP contribution in [0.5, 0.6) is 0 Å². The van der Waals surface area contributed by atoms with E-state index < -0.39 is 0 Å². The van der Waals surface area contributed by atoms with Crippen molar-refractivity contribution in [3.8, 4) is 17.3 Å². The Morgan fingerprint density at radius 3 is 2.59 bits per heavy atom. The molecule has 2 heterocycles. The smallest absolute Gasteiger partial charge is 0.229 e. The van der Waals surface area contributed by atoms with Gasteiger partial charge in [0.05, 0.1) is 22.9 Å². The van der Waals surface area contributed by atoms with E-state index in [1.807, 2.05) is 48.5 Å². The maximum absolute atomic E-state index is 12.8. The Hall–Kier alpha value is -3.72. The molecule has 1 fully saturated rings. The minimum absolute atomic E-state index is 0.0636. The number of nitrogens with one attached hydrogen (secondary N) is 1. The van der Waals surface area contributed by atoms with E-state index in [9.17, 15) is 10.1 Å². The fraction of sp³-hybridized carbons (Fsp3) is 0.217. The van der Waals surface area contributed by atoms with Gasteiger partial charge >= 0.3 is 0 Å². The summed E-state index contributed by atoms with van der Waals surface area (Å²) in [4.78, 5) is 14.9. The van der Waals surface area contributed by atoms with Gasteiger partial charge in [-0.05, 0) is 37.1 Å². The molecule has 1 aliphatic heterocycles. The third-order valence-electron chi connectivity index (χ3n) is 5.14. The van der Waals surface area contributed by atoms with Gasteiger partial charge in [-0.25, -0.2) is 0 Å². The zero-order valence-electron chi connectivity index (χ0n) is 16.0. The maximum Gasteiger partial charge on any atom is 0.229 e. The first-order valence-corrected chi connectivity index (χ1v) is 9.68. The summed E-state index contributed by atoms with van der Waals surface area (Å²) < 4.78 is 0. The number of nitrogens with zero attached hydrogens (tertiary/aromatic N) is 4. The van der Waals surface area contributed by atoms with Gasteiger partial charge in [0, 0.05) is 18.7 Å². The maximum atomic E-state index is 12.8. The van der Waals surface area contributed by atoms with E-state index in [2.05, 4.69) is 26.5 Å². The van der Waals surface area contributed by atoms with Crippen molar-refractivity contribution in [1.82, 2.24) is 10.2 Å². The van der Waals surface area contributed by atoms with Crippen molar-refractivity contribution in [3.05, 3.63) is 72.3 Å². The molecule has 1 aromatic heterocycles. The first kappa shape index (κ1) is 18.6. The lowest BCUT2D eigenvalue weighted by atomic mass is 9.97. The summed E-state index contributed by atoms with van der Waals surface area (Å²) >= 11 is 0. The van der Waals surface area contributed by atoms with Gasteiger partial charge in [0.1, 0.15) is 6.07 Å². The SMILES string of the molecule is N#Cc1ccccc1NC(=O)C1CCCN(c2ccc(-c3ccccc3)nn2)C1. The molecule has 1 aliphatic rings. The molecule has 3 aromatic rings. The van der Waals surface area contributed by atoms with Gasteiger partial charge in [-0.1, -0.05) is 42.5 Å². The van der Waals surface area contributed by atoms with Crippen molar-refractivity contribution in [2.24, 2.45) is 5.92 Å². The number of amides is 1. The number of hydrogen-bond acceptors (Lipinski definition) is 5. The average molecular weight is 383 g/mol. The summed E-state index contributed by atoms with van der Waals surface area (Å²) in [5, 5.41) is 20.9. The van der Waals surface area contributed by atoms with Crippen LogP contribution in [0.25, 0.3) is 11.3 Å². The molecule has 0 saturated carbocycles. The van der Waals surface area contributed by atoms with E-state index in [4.69, 9.17) is 0 Å². The largest absolute Gasteiger partial charge is 0.354 e. The normalized spacial score (nSPS) is 16.1. The topological polar surface area (TPSA) is 81.9 Å². The van der Waals surface area contributed by atoms with Gasteiger partial charge in [0.2, 0.25) is 5.91 Å². The fourth-order valence-electron chi connectivity index (χ4n) is 3.58. The van der Waals surface area contributed by atoms with Crippen molar-refractivity contribution in [2.75, 3.05) is 23.3 Å². The van der Waals surface area contributed by atoms with Crippen LogP contribution in [0, 0.1) is 17.2 Å². The summed E-state index contributed by atoms with van der Waals surface area (Å²) in [6.07, 6.45) is 1.71. The van der Waals surface area contributed by atoms with E-state index in [1.54, 1.807) is 18.2 Å². The van der Waals surface area contributed by atoms with Crippen LogP contribution in [0.2, 0.25) is 0 Å². The molecular weight excluding hydrogens is 362 g/mol. The number of carbonyl (C=O) groups is 1. The molecule has 6 nitrogen and oxygen atoms in total. The van der Waals surface area contributed by atoms with Crippen LogP contribution >= 0.6 is 0 Å². The van der Waals surface area contributed by atoms with E-state index >= 15 is 0 Å². The number of piperidine rings is 1. The summed E-state index contributed by atoms with van der Waals surface area (Å²) in [6, 6.07) is 23.0. The molecule has 0 bridgehead atoms. The first-order valence-electron chi connectivity index (χ1n) is 9.68. The van der Waals surface area contributed by atoms with Crippen LogP contribution in [-0.4, -0.2) is 29.2 Å². The highest BCUT2D eigenvalue weighted by Gasteiger charge is 2.27. The summed E-state index contributed by atoms with van der Waals surface area (Å²) in [5.74, 6) is 0.553. The number of rotatable bonds is 4. The molecule has 0 spiro atoms. The molecule has 1 N–H and O–H groups in total. The molecular formula is C23H21N5O. The summed E-state index contributed by atoms with van der Waals surface area (Å²) in [5.41, 5.74) is 2.88.